The van der Waals surface area contributed by atoms with Crippen molar-refractivity contribution in [3.05, 3.63) is 33.8 Å². The van der Waals surface area contributed by atoms with E-state index in [1.807, 2.05) is 13.8 Å². The molecule has 0 aliphatic rings. The zero-order valence-electron chi connectivity index (χ0n) is 9.93. The van der Waals surface area contributed by atoms with Crippen molar-refractivity contribution in [1.29, 1.82) is 0 Å². The fourth-order valence-electron chi connectivity index (χ4n) is 1.70. The molecule has 96 valence electrons. The number of hydrogen-bond acceptors (Lipinski definition) is 2. The van der Waals surface area contributed by atoms with Crippen LogP contribution in [0.25, 0.3) is 0 Å². The molecule has 1 aromatic rings. The van der Waals surface area contributed by atoms with Gasteiger partial charge in [0.2, 0.25) is 0 Å². The van der Waals surface area contributed by atoms with E-state index in [2.05, 4.69) is 21.4 Å². The minimum Gasteiger partial charge on any atom is -0.271 e. The van der Waals surface area contributed by atoms with Crippen LogP contribution in [0.15, 0.2) is 16.6 Å². The lowest BCUT2D eigenvalue weighted by atomic mass is 9.94. The zero-order chi connectivity index (χ0) is 13.0. The normalized spacial score (nSPS) is 14.7. The fourth-order valence-corrected chi connectivity index (χ4v) is 2.05. The van der Waals surface area contributed by atoms with Crippen molar-refractivity contribution in [2.24, 2.45) is 11.8 Å². The fraction of sp³-hybridized carbons (Fsp3) is 0.500. The molecular formula is C12H17BrF2N2. The Labute approximate surface area is 109 Å². The molecular weight excluding hydrogens is 290 g/mol. The number of nitrogens with one attached hydrogen (secondary N) is 1. The van der Waals surface area contributed by atoms with Crippen molar-refractivity contribution in [2.45, 2.75) is 32.7 Å². The molecule has 0 amide bonds. The Morgan fingerprint density at radius 1 is 1.41 bits per heavy atom. The monoisotopic (exact) mass is 306 g/mol. The van der Waals surface area contributed by atoms with Gasteiger partial charge in [-0.05, 0) is 40.4 Å². The molecule has 1 rings (SSSR count). The highest BCUT2D eigenvalue weighted by Gasteiger charge is 2.22. The maximum atomic E-state index is 13.9. The smallest absolute Gasteiger partial charge is 0.145 e. The molecule has 2 nitrogen and oxygen atoms in total. The topological polar surface area (TPSA) is 38.0 Å². The summed E-state index contributed by atoms with van der Waals surface area (Å²) in [4.78, 5) is 0. The Kier molecular flexibility index (Phi) is 5.49. The van der Waals surface area contributed by atoms with Gasteiger partial charge in [0, 0.05) is 5.56 Å². The molecule has 0 aliphatic carbocycles. The molecule has 0 heterocycles. The summed E-state index contributed by atoms with van der Waals surface area (Å²) >= 11 is 3.05. The van der Waals surface area contributed by atoms with Gasteiger partial charge in [-0.3, -0.25) is 11.3 Å². The standard InChI is InChI=1S/C12H17BrF2N2/c1-3-7(2)6-10(17-16)11-9(14)5-4-8(13)12(11)15/h4-5,7,10,17H,3,6,16H2,1-2H3. The van der Waals surface area contributed by atoms with Gasteiger partial charge in [-0.25, -0.2) is 8.78 Å². The van der Waals surface area contributed by atoms with E-state index < -0.39 is 17.7 Å². The van der Waals surface area contributed by atoms with E-state index in [9.17, 15) is 8.78 Å². The van der Waals surface area contributed by atoms with Crippen LogP contribution in [0.2, 0.25) is 0 Å². The number of halogens is 3. The first kappa shape index (κ1) is 14.5. The van der Waals surface area contributed by atoms with Crippen LogP contribution in [0.1, 0.15) is 38.3 Å². The Morgan fingerprint density at radius 3 is 2.59 bits per heavy atom. The third-order valence-electron chi connectivity index (χ3n) is 2.96. The van der Waals surface area contributed by atoms with E-state index in [4.69, 9.17) is 5.84 Å². The van der Waals surface area contributed by atoms with Crippen molar-refractivity contribution < 1.29 is 8.78 Å². The number of benzene rings is 1. The van der Waals surface area contributed by atoms with E-state index in [0.717, 1.165) is 6.42 Å². The van der Waals surface area contributed by atoms with Gasteiger partial charge in [0.25, 0.3) is 0 Å². The Hall–Kier alpha value is -0.520. The van der Waals surface area contributed by atoms with Gasteiger partial charge in [0.15, 0.2) is 0 Å². The number of rotatable bonds is 5. The van der Waals surface area contributed by atoms with Gasteiger partial charge in [-0.15, -0.1) is 0 Å². The first-order valence-electron chi connectivity index (χ1n) is 5.60. The molecule has 0 saturated heterocycles. The van der Waals surface area contributed by atoms with Crippen LogP contribution in [0, 0.1) is 17.6 Å². The van der Waals surface area contributed by atoms with E-state index >= 15 is 0 Å². The highest BCUT2D eigenvalue weighted by Crippen LogP contribution is 2.30. The van der Waals surface area contributed by atoms with Gasteiger partial charge in [0.05, 0.1) is 10.5 Å². The first-order valence-corrected chi connectivity index (χ1v) is 6.40. The van der Waals surface area contributed by atoms with Crippen LogP contribution < -0.4 is 11.3 Å². The zero-order valence-corrected chi connectivity index (χ0v) is 11.5. The summed E-state index contributed by atoms with van der Waals surface area (Å²) in [5.74, 6) is 4.58. The molecule has 2 atom stereocenters. The summed E-state index contributed by atoms with van der Waals surface area (Å²) in [7, 11) is 0. The van der Waals surface area contributed by atoms with E-state index in [-0.39, 0.29) is 10.0 Å². The van der Waals surface area contributed by atoms with Crippen LogP contribution in [-0.2, 0) is 0 Å². The molecule has 0 radical (unpaired) electrons. The SMILES string of the molecule is CCC(C)CC(NN)c1c(F)ccc(Br)c1F. The lowest BCUT2D eigenvalue weighted by Gasteiger charge is -2.21. The molecule has 3 N–H and O–H groups in total. The third-order valence-corrected chi connectivity index (χ3v) is 3.58. The summed E-state index contributed by atoms with van der Waals surface area (Å²) in [5, 5.41) is 0. The second-order valence-electron chi connectivity index (χ2n) is 4.23. The third kappa shape index (κ3) is 3.47. The lowest BCUT2D eigenvalue weighted by molar-refractivity contribution is 0.383. The van der Waals surface area contributed by atoms with Crippen LogP contribution in [-0.4, -0.2) is 0 Å². The Bertz CT molecular complexity index is 385. The quantitative estimate of drug-likeness (QED) is 0.495. The van der Waals surface area contributed by atoms with Gasteiger partial charge in [0.1, 0.15) is 11.6 Å². The van der Waals surface area contributed by atoms with Gasteiger partial charge >= 0.3 is 0 Å². The first-order chi connectivity index (χ1) is 8.01. The van der Waals surface area contributed by atoms with Crippen molar-refractivity contribution >= 4 is 15.9 Å². The summed E-state index contributed by atoms with van der Waals surface area (Å²) in [5.41, 5.74) is 2.49. The van der Waals surface area contributed by atoms with Gasteiger partial charge in [-0.1, -0.05) is 20.3 Å². The number of hydrogen-bond donors (Lipinski definition) is 2. The summed E-state index contributed by atoms with van der Waals surface area (Å²) in [6, 6.07) is 2.08. The molecule has 0 spiro atoms. The second kappa shape index (κ2) is 6.42. The highest BCUT2D eigenvalue weighted by atomic mass is 79.9. The van der Waals surface area contributed by atoms with Crippen molar-refractivity contribution in [3.63, 3.8) is 0 Å². The van der Waals surface area contributed by atoms with Crippen molar-refractivity contribution in [3.8, 4) is 0 Å². The maximum Gasteiger partial charge on any atom is 0.145 e. The van der Waals surface area contributed by atoms with Crippen LogP contribution in [0.5, 0.6) is 0 Å². The lowest BCUT2D eigenvalue weighted by Crippen LogP contribution is -2.30. The minimum absolute atomic E-state index is 0.00201. The van der Waals surface area contributed by atoms with Crippen LogP contribution in [0.3, 0.4) is 0 Å². The predicted molar refractivity (Wildman–Crippen MR) is 68.2 cm³/mol. The van der Waals surface area contributed by atoms with Crippen LogP contribution in [0.4, 0.5) is 8.78 Å². The average Bonchev–Trinajstić information content (AvgIpc) is 2.32. The van der Waals surface area contributed by atoms with E-state index in [0.29, 0.717) is 12.3 Å². The Balaban J connectivity index is 3.07. The summed E-state index contributed by atoms with van der Waals surface area (Å²) in [6.07, 6.45) is 1.53. The molecule has 17 heavy (non-hydrogen) atoms. The highest BCUT2D eigenvalue weighted by molar-refractivity contribution is 9.10. The predicted octanol–water partition coefficient (Wildman–Crippen LogP) is 3.67. The average molecular weight is 307 g/mol. The van der Waals surface area contributed by atoms with Crippen molar-refractivity contribution in [1.82, 2.24) is 5.43 Å². The second-order valence-corrected chi connectivity index (χ2v) is 5.08. The minimum atomic E-state index is -0.587. The number of nitrogens with two attached hydrogens (primary N) is 1. The molecule has 0 aliphatic heterocycles. The van der Waals surface area contributed by atoms with Gasteiger partial charge in [-0.2, -0.15) is 0 Å². The molecule has 1 aromatic carbocycles. The van der Waals surface area contributed by atoms with Gasteiger partial charge < -0.3 is 0 Å². The summed E-state index contributed by atoms with van der Waals surface area (Å²) < 4.78 is 27.8. The Morgan fingerprint density at radius 2 is 2.06 bits per heavy atom. The van der Waals surface area contributed by atoms with Crippen LogP contribution >= 0.6 is 15.9 Å². The van der Waals surface area contributed by atoms with E-state index in [1.54, 1.807) is 0 Å². The molecule has 0 saturated carbocycles. The van der Waals surface area contributed by atoms with E-state index in [1.165, 1.54) is 12.1 Å². The molecule has 5 heteroatoms. The molecule has 0 bridgehead atoms. The summed E-state index contributed by atoms with van der Waals surface area (Å²) in [6.45, 7) is 4.06. The maximum absolute atomic E-state index is 13.9. The van der Waals surface area contributed by atoms with Crippen molar-refractivity contribution in [2.75, 3.05) is 0 Å². The largest absolute Gasteiger partial charge is 0.271 e. The molecule has 0 fully saturated rings. The molecule has 2 unspecified atom stereocenters. The number of hydrazine groups is 1. The molecule has 0 aromatic heterocycles.